The highest BCUT2D eigenvalue weighted by atomic mass is 79.9. The Morgan fingerprint density at radius 3 is 2.45 bits per heavy atom. The molecule has 3 rings (SSSR count). The average molecular weight is 445 g/mol. The zero-order valence-electron chi connectivity index (χ0n) is 10.7. The number of hydrogen-bond acceptors (Lipinski definition) is 5. The molecule has 9 heteroatoms. The summed E-state index contributed by atoms with van der Waals surface area (Å²) >= 11 is 8.05. The van der Waals surface area contributed by atoms with E-state index in [1.165, 1.54) is 11.3 Å². The molecule has 3 heterocycles. The van der Waals surface area contributed by atoms with E-state index in [0.29, 0.717) is 27.8 Å². The molecule has 1 N–H and O–H groups in total. The van der Waals surface area contributed by atoms with Crippen LogP contribution < -0.4 is 5.32 Å². The molecule has 1 aromatic heterocycles. The van der Waals surface area contributed by atoms with Crippen LogP contribution in [0.2, 0.25) is 0 Å². The monoisotopic (exact) mass is 443 g/mol. The lowest BCUT2D eigenvalue weighted by Crippen LogP contribution is -2.63. The Hall–Kier alpha value is 0.490. The lowest BCUT2D eigenvalue weighted by Gasteiger charge is -2.45. The minimum absolute atomic E-state index is 0.368. The number of nitrogens with zero attached hydrogens (tertiary/aromatic N) is 2. The Morgan fingerprint density at radius 1 is 1.25 bits per heavy atom. The summed E-state index contributed by atoms with van der Waals surface area (Å²) in [5.41, 5.74) is 0. The fourth-order valence-corrected chi connectivity index (χ4v) is 7.81. The van der Waals surface area contributed by atoms with Crippen molar-refractivity contribution >= 4 is 53.2 Å². The minimum atomic E-state index is -3.36. The molecule has 0 spiro atoms. The van der Waals surface area contributed by atoms with E-state index in [9.17, 15) is 8.42 Å². The van der Waals surface area contributed by atoms with E-state index < -0.39 is 10.0 Å². The van der Waals surface area contributed by atoms with Crippen LogP contribution in [0.3, 0.4) is 0 Å². The standard InChI is InChI=1S/C11H15Br2N3O2S2/c12-10-5-9(11(13)19-10)20(17,18)16-6-8(7-16)15-3-1-14-2-4-15/h5,8,14H,1-4,6-7H2. The van der Waals surface area contributed by atoms with Gasteiger partial charge >= 0.3 is 0 Å². The zero-order valence-corrected chi connectivity index (χ0v) is 15.5. The first kappa shape index (κ1) is 15.4. The van der Waals surface area contributed by atoms with Gasteiger partial charge in [0, 0.05) is 45.3 Å². The van der Waals surface area contributed by atoms with Crippen molar-refractivity contribution in [2.24, 2.45) is 0 Å². The molecule has 1 aromatic rings. The quantitative estimate of drug-likeness (QED) is 0.768. The van der Waals surface area contributed by atoms with Gasteiger partial charge in [0.25, 0.3) is 0 Å². The van der Waals surface area contributed by atoms with Crippen LogP contribution in [-0.2, 0) is 10.0 Å². The molecule has 0 aliphatic carbocycles. The Bertz CT molecular complexity index is 593. The summed E-state index contributed by atoms with van der Waals surface area (Å²) in [4.78, 5) is 2.74. The first-order valence-corrected chi connectivity index (χ1v) is 10.2. The van der Waals surface area contributed by atoms with Gasteiger partial charge in [-0.05, 0) is 37.9 Å². The predicted molar refractivity (Wildman–Crippen MR) is 86.7 cm³/mol. The molecule has 2 aliphatic rings. The molecule has 2 aliphatic heterocycles. The second-order valence-electron chi connectivity index (χ2n) is 4.95. The number of hydrogen-bond donors (Lipinski definition) is 1. The summed E-state index contributed by atoms with van der Waals surface area (Å²) in [7, 11) is -3.36. The Labute approximate surface area is 139 Å². The third-order valence-electron chi connectivity index (χ3n) is 3.74. The summed E-state index contributed by atoms with van der Waals surface area (Å²) < 4.78 is 28.1. The number of rotatable bonds is 3. The van der Waals surface area contributed by atoms with Crippen LogP contribution >= 0.6 is 43.2 Å². The maximum absolute atomic E-state index is 12.5. The third kappa shape index (κ3) is 2.86. The van der Waals surface area contributed by atoms with Crippen molar-refractivity contribution in [1.29, 1.82) is 0 Å². The van der Waals surface area contributed by atoms with Gasteiger partial charge in [-0.25, -0.2) is 8.42 Å². The van der Waals surface area contributed by atoms with E-state index in [0.717, 1.165) is 30.0 Å². The molecule has 2 saturated heterocycles. The number of sulfonamides is 1. The van der Waals surface area contributed by atoms with Crippen LogP contribution in [0.25, 0.3) is 0 Å². The fraction of sp³-hybridized carbons (Fsp3) is 0.636. The number of halogens is 2. The lowest BCUT2D eigenvalue weighted by molar-refractivity contribution is 0.0773. The summed E-state index contributed by atoms with van der Waals surface area (Å²) in [6, 6.07) is 2.04. The van der Waals surface area contributed by atoms with Gasteiger partial charge in [-0.3, -0.25) is 4.90 Å². The van der Waals surface area contributed by atoms with Crippen molar-refractivity contribution in [2.45, 2.75) is 10.9 Å². The molecule has 20 heavy (non-hydrogen) atoms. The number of nitrogens with one attached hydrogen (secondary N) is 1. The lowest BCUT2D eigenvalue weighted by atomic mass is 10.1. The van der Waals surface area contributed by atoms with Crippen LogP contribution in [0.15, 0.2) is 18.5 Å². The molecule has 0 bridgehead atoms. The highest BCUT2D eigenvalue weighted by Crippen LogP contribution is 2.37. The molecular formula is C11H15Br2N3O2S2. The molecule has 0 atom stereocenters. The Kier molecular flexibility index (Phi) is 4.57. The van der Waals surface area contributed by atoms with Gasteiger partial charge in [0.15, 0.2) is 0 Å². The van der Waals surface area contributed by atoms with Gasteiger partial charge in [0.05, 0.1) is 7.57 Å². The zero-order chi connectivity index (χ0) is 14.3. The highest BCUT2D eigenvalue weighted by molar-refractivity contribution is 9.12. The van der Waals surface area contributed by atoms with Crippen molar-refractivity contribution in [2.75, 3.05) is 39.3 Å². The maximum atomic E-state index is 12.5. The molecule has 2 fully saturated rings. The van der Waals surface area contributed by atoms with Crippen LogP contribution in [0.5, 0.6) is 0 Å². The fourth-order valence-electron chi connectivity index (χ4n) is 2.53. The molecule has 0 unspecified atom stereocenters. The van der Waals surface area contributed by atoms with E-state index in [4.69, 9.17) is 0 Å². The summed E-state index contributed by atoms with van der Waals surface area (Å²) in [6.45, 7) is 5.20. The smallest absolute Gasteiger partial charge is 0.245 e. The maximum Gasteiger partial charge on any atom is 0.245 e. The third-order valence-corrected chi connectivity index (χ3v) is 8.33. The molecule has 0 amide bonds. The van der Waals surface area contributed by atoms with Gasteiger partial charge in [0.1, 0.15) is 4.90 Å². The van der Waals surface area contributed by atoms with Gasteiger partial charge in [0.2, 0.25) is 10.0 Å². The molecule has 0 saturated carbocycles. The molecule has 0 radical (unpaired) electrons. The van der Waals surface area contributed by atoms with Crippen LogP contribution in [0.4, 0.5) is 0 Å². The van der Waals surface area contributed by atoms with E-state index in [2.05, 4.69) is 42.1 Å². The summed E-state index contributed by atoms with van der Waals surface area (Å²) in [5.74, 6) is 0. The van der Waals surface area contributed by atoms with E-state index in [1.54, 1.807) is 10.4 Å². The van der Waals surface area contributed by atoms with Gasteiger partial charge in [-0.2, -0.15) is 4.31 Å². The van der Waals surface area contributed by atoms with E-state index in [1.807, 2.05) is 0 Å². The van der Waals surface area contributed by atoms with E-state index in [-0.39, 0.29) is 0 Å². The van der Waals surface area contributed by atoms with Crippen molar-refractivity contribution in [1.82, 2.24) is 14.5 Å². The van der Waals surface area contributed by atoms with Crippen LogP contribution in [-0.4, -0.2) is 62.9 Å². The first-order valence-electron chi connectivity index (χ1n) is 6.38. The predicted octanol–water partition coefficient (Wildman–Crippen LogP) is 1.55. The summed E-state index contributed by atoms with van der Waals surface area (Å²) in [5, 5.41) is 3.31. The highest BCUT2D eigenvalue weighted by Gasteiger charge is 2.40. The molecule has 0 aromatic carbocycles. The average Bonchev–Trinajstić information content (AvgIpc) is 2.68. The van der Waals surface area contributed by atoms with Crippen molar-refractivity contribution < 1.29 is 8.42 Å². The van der Waals surface area contributed by atoms with Crippen molar-refractivity contribution in [3.05, 3.63) is 13.6 Å². The van der Waals surface area contributed by atoms with Gasteiger partial charge < -0.3 is 5.32 Å². The van der Waals surface area contributed by atoms with Crippen molar-refractivity contribution in [3.63, 3.8) is 0 Å². The SMILES string of the molecule is O=S(=O)(c1cc(Br)sc1Br)N1CC(N2CCNCC2)C1. The van der Waals surface area contributed by atoms with Gasteiger partial charge in [-0.1, -0.05) is 0 Å². The number of piperazine rings is 1. The largest absolute Gasteiger partial charge is 0.314 e. The Morgan fingerprint density at radius 2 is 1.90 bits per heavy atom. The molecular weight excluding hydrogens is 430 g/mol. The van der Waals surface area contributed by atoms with Crippen LogP contribution in [0, 0.1) is 0 Å². The van der Waals surface area contributed by atoms with E-state index >= 15 is 0 Å². The summed E-state index contributed by atoms with van der Waals surface area (Å²) in [6.07, 6.45) is 0. The van der Waals surface area contributed by atoms with Gasteiger partial charge in [-0.15, -0.1) is 11.3 Å². The number of thiophene rings is 1. The van der Waals surface area contributed by atoms with Crippen LogP contribution in [0.1, 0.15) is 0 Å². The topological polar surface area (TPSA) is 52.7 Å². The molecule has 5 nitrogen and oxygen atoms in total. The first-order chi connectivity index (χ1) is 9.48. The second-order valence-corrected chi connectivity index (χ2v) is 10.6. The minimum Gasteiger partial charge on any atom is -0.314 e. The normalized spacial score (nSPS) is 22.9. The van der Waals surface area contributed by atoms with Crippen molar-refractivity contribution in [3.8, 4) is 0 Å². The molecule has 112 valence electrons. The second kappa shape index (κ2) is 5.94. The Balaban J connectivity index is 1.68.